The molecule has 0 saturated heterocycles. The Morgan fingerprint density at radius 3 is 2.50 bits per heavy atom. The van der Waals surface area contributed by atoms with E-state index in [1.165, 1.54) is 7.11 Å². The highest BCUT2D eigenvalue weighted by Crippen LogP contribution is 2.24. The van der Waals surface area contributed by atoms with Gasteiger partial charge < -0.3 is 20.1 Å². The maximum atomic E-state index is 13.6. The standard InChI is InChI=1S/C13H18F2N2O3/c1-19-8-7-16-5-6-17-13(18)11-9(14)3-4-10(15)12(11)20-2/h3-4,16H,5-8H2,1-2H3,(H,17,18). The lowest BCUT2D eigenvalue weighted by Gasteiger charge is -2.11. The van der Waals surface area contributed by atoms with Crippen LogP contribution < -0.4 is 15.4 Å². The highest BCUT2D eigenvalue weighted by Gasteiger charge is 2.20. The lowest BCUT2D eigenvalue weighted by atomic mass is 10.1. The maximum absolute atomic E-state index is 13.6. The zero-order valence-corrected chi connectivity index (χ0v) is 11.5. The third-order valence-electron chi connectivity index (χ3n) is 2.56. The molecule has 0 fully saturated rings. The number of methoxy groups -OCH3 is 2. The lowest BCUT2D eigenvalue weighted by Crippen LogP contribution is -2.33. The van der Waals surface area contributed by atoms with Gasteiger partial charge in [0.2, 0.25) is 0 Å². The Morgan fingerprint density at radius 1 is 1.15 bits per heavy atom. The van der Waals surface area contributed by atoms with E-state index >= 15 is 0 Å². The number of amides is 1. The second-order valence-electron chi connectivity index (χ2n) is 3.94. The molecule has 0 spiro atoms. The molecule has 7 heteroatoms. The van der Waals surface area contributed by atoms with Gasteiger partial charge in [0.15, 0.2) is 11.6 Å². The number of halogens is 2. The number of rotatable bonds is 8. The van der Waals surface area contributed by atoms with Gasteiger partial charge in [-0.2, -0.15) is 0 Å². The van der Waals surface area contributed by atoms with Crippen LogP contribution in [0.4, 0.5) is 8.78 Å². The molecule has 0 aliphatic carbocycles. The highest BCUT2D eigenvalue weighted by atomic mass is 19.1. The number of nitrogens with one attached hydrogen (secondary N) is 2. The third-order valence-corrected chi connectivity index (χ3v) is 2.56. The summed E-state index contributed by atoms with van der Waals surface area (Å²) in [7, 11) is 2.77. The van der Waals surface area contributed by atoms with Gasteiger partial charge in [-0.3, -0.25) is 4.79 Å². The number of benzene rings is 1. The predicted octanol–water partition coefficient (Wildman–Crippen LogP) is 0.939. The van der Waals surface area contributed by atoms with E-state index in [0.29, 0.717) is 19.7 Å². The molecule has 0 atom stereocenters. The Hall–Kier alpha value is -1.73. The first-order valence-electron chi connectivity index (χ1n) is 6.11. The molecule has 0 radical (unpaired) electrons. The van der Waals surface area contributed by atoms with Crippen molar-refractivity contribution in [1.29, 1.82) is 0 Å². The fraction of sp³-hybridized carbons (Fsp3) is 0.462. The summed E-state index contributed by atoms with van der Waals surface area (Å²) in [6, 6.07) is 1.81. The van der Waals surface area contributed by atoms with Gasteiger partial charge >= 0.3 is 0 Å². The van der Waals surface area contributed by atoms with Crippen LogP contribution in [0.5, 0.6) is 5.75 Å². The van der Waals surface area contributed by atoms with Gasteiger partial charge in [0.05, 0.1) is 13.7 Å². The van der Waals surface area contributed by atoms with Crippen LogP contribution in [-0.2, 0) is 4.74 Å². The summed E-state index contributed by atoms with van der Waals surface area (Å²) < 4.78 is 36.6. The smallest absolute Gasteiger partial charge is 0.258 e. The maximum Gasteiger partial charge on any atom is 0.258 e. The fourth-order valence-corrected chi connectivity index (χ4v) is 1.60. The normalized spacial score (nSPS) is 10.4. The second kappa shape index (κ2) is 8.44. The summed E-state index contributed by atoms with van der Waals surface area (Å²) in [4.78, 5) is 11.8. The summed E-state index contributed by atoms with van der Waals surface area (Å²) in [6.07, 6.45) is 0. The minimum atomic E-state index is -0.826. The molecular weight excluding hydrogens is 270 g/mol. The number of hydrogen-bond acceptors (Lipinski definition) is 4. The molecule has 20 heavy (non-hydrogen) atoms. The van der Waals surface area contributed by atoms with Crippen molar-refractivity contribution in [1.82, 2.24) is 10.6 Å². The van der Waals surface area contributed by atoms with Gasteiger partial charge in [0.25, 0.3) is 5.91 Å². The van der Waals surface area contributed by atoms with Crippen LogP contribution in [0.15, 0.2) is 12.1 Å². The molecule has 0 bridgehead atoms. The Bertz CT molecular complexity index is 455. The van der Waals surface area contributed by atoms with Crippen LogP contribution in [-0.4, -0.2) is 46.4 Å². The van der Waals surface area contributed by atoms with Crippen molar-refractivity contribution < 1.29 is 23.0 Å². The van der Waals surface area contributed by atoms with Gasteiger partial charge in [0.1, 0.15) is 11.4 Å². The number of carbonyl (C=O) groups is 1. The first-order valence-corrected chi connectivity index (χ1v) is 6.11. The molecule has 0 heterocycles. The van der Waals surface area contributed by atoms with E-state index in [1.54, 1.807) is 7.11 Å². The molecular formula is C13H18F2N2O3. The second-order valence-corrected chi connectivity index (χ2v) is 3.94. The van der Waals surface area contributed by atoms with E-state index in [4.69, 9.17) is 9.47 Å². The first kappa shape index (κ1) is 16.3. The van der Waals surface area contributed by atoms with Crippen LogP contribution >= 0.6 is 0 Å². The average Bonchev–Trinajstić information content (AvgIpc) is 2.44. The van der Waals surface area contributed by atoms with Crippen molar-refractivity contribution in [3.05, 3.63) is 29.3 Å². The molecule has 0 unspecified atom stereocenters. The molecule has 1 rings (SSSR count). The van der Waals surface area contributed by atoms with E-state index in [-0.39, 0.29) is 6.54 Å². The molecule has 1 amide bonds. The minimum Gasteiger partial charge on any atom is -0.493 e. The Balaban J connectivity index is 2.57. The molecule has 0 aliphatic rings. The third kappa shape index (κ3) is 4.43. The lowest BCUT2D eigenvalue weighted by molar-refractivity contribution is 0.0945. The Labute approximate surface area is 116 Å². The van der Waals surface area contributed by atoms with Crippen molar-refractivity contribution in [2.45, 2.75) is 0 Å². The molecule has 1 aromatic rings. The van der Waals surface area contributed by atoms with E-state index in [2.05, 4.69) is 10.6 Å². The highest BCUT2D eigenvalue weighted by molar-refractivity contribution is 5.97. The molecule has 1 aromatic carbocycles. The van der Waals surface area contributed by atoms with Crippen LogP contribution in [0.25, 0.3) is 0 Å². The molecule has 2 N–H and O–H groups in total. The molecule has 0 aromatic heterocycles. The van der Waals surface area contributed by atoms with Crippen molar-refractivity contribution in [2.24, 2.45) is 0 Å². The summed E-state index contributed by atoms with van der Waals surface area (Å²) in [5, 5.41) is 5.50. The van der Waals surface area contributed by atoms with Crippen molar-refractivity contribution in [2.75, 3.05) is 40.5 Å². The van der Waals surface area contributed by atoms with E-state index in [1.807, 2.05) is 0 Å². The van der Waals surface area contributed by atoms with Gasteiger partial charge in [0, 0.05) is 26.7 Å². The molecule has 5 nitrogen and oxygen atoms in total. The van der Waals surface area contributed by atoms with Gasteiger partial charge in [-0.25, -0.2) is 8.78 Å². The van der Waals surface area contributed by atoms with Crippen LogP contribution in [0.3, 0.4) is 0 Å². The molecule has 0 aliphatic heterocycles. The Morgan fingerprint density at radius 2 is 1.85 bits per heavy atom. The van der Waals surface area contributed by atoms with Crippen LogP contribution in [0, 0.1) is 11.6 Å². The SMILES string of the molecule is COCCNCCNC(=O)c1c(F)ccc(F)c1OC. The van der Waals surface area contributed by atoms with Crippen molar-refractivity contribution >= 4 is 5.91 Å². The monoisotopic (exact) mass is 288 g/mol. The summed E-state index contributed by atoms with van der Waals surface area (Å²) >= 11 is 0. The van der Waals surface area contributed by atoms with E-state index in [9.17, 15) is 13.6 Å². The fourth-order valence-electron chi connectivity index (χ4n) is 1.60. The topological polar surface area (TPSA) is 59.6 Å². The van der Waals surface area contributed by atoms with Crippen molar-refractivity contribution in [3.63, 3.8) is 0 Å². The zero-order chi connectivity index (χ0) is 15.0. The average molecular weight is 288 g/mol. The summed E-state index contributed by atoms with van der Waals surface area (Å²) in [5.41, 5.74) is -0.426. The van der Waals surface area contributed by atoms with Crippen molar-refractivity contribution in [3.8, 4) is 5.75 Å². The number of hydrogen-bond donors (Lipinski definition) is 2. The first-order chi connectivity index (χ1) is 9.61. The van der Waals surface area contributed by atoms with Crippen LogP contribution in [0.1, 0.15) is 10.4 Å². The Kier molecular flexibility index (Phi) is 6.89. The van der Waals surface area contributed by atoms with Gasteiger partial charge in [-0.05, 0) is 12.1 Å². The summed E-state index contributed by atoms with van der Waals surface area (Å²) in [5.74, 6) is -2.72. The molecule has 0 saturated carbocycles. The van der Waals surface area contributed by atoms with Gasteiger partial charge in [-0.15, -0.1) is 0 Å². The molecule has 112 valence electrons. The van der Waals surface area contributed by atoms with Gasteiger partial charge in [-0.1, -0.05) is 0 Å². The summed E-state index contributed by atoms with van der Waals surface area (Å²) in [6.45, 7) is 1.97. The number of ether oxygens (including phenoxy) is 2. The largest absolute Gasteiger partial charge is 0.493 e. The van der Waals surface area contributed by atoms with Crippen LogP contribution in [0.2, 0.25) is 0 Å². The zero-order valence-electron chi connectivity index (χ0n) is 11.5. The minimum absolute atomic E-state index is 0.279. The number of carbonyl (C=O) groups excluding carboxylic acids is 1. The van der Waals surface area contributed by atoms with E-state index in [0.717, 1.165) is 12.1 Å². The quantitative estimate of drug-likeness (QED) is 0.699. The predicted molar refractivity (Wildman–Crippen MR) is 70.0 cm³/mol. The van der Waals surface area contributed by atoms with E-state index < -0.39 is 28.9 Å².